The minimum absolute atomic E-state index is 0.559. The van der Waals surface area contributed by atoms with E-state index in [1.54, 1.807) is 13.3 Å². The van der Waals surface area contributed by atoms with Crippen LogP contribution in [0.25, 0.3) is 5.69 Å². The molecule has 0 fully saturated rings. The summed E-state index contributed by atoms with van der Waals surface area (Å²) >= 11 is 0. The summed E-state index contributed by atoms with van der Waals surface area (Å²) in [6, 6.07) is 15.8. The van der Waals surface area contributed by atoms with Crippen LogP contribution < -0.4 is 20.1 Å². The van der Waals surface area contributed by atoms with Crippen LogP contribution in [0.3, 0.4) is 0 Å². The normalized spacial score (nSPS) is 11.2. The zero-order valence-electron chi connectivity index (χ0n) is 17.1. The van der Waals surface area contributed by atoms with Crippen LogP contribution in [0.5, 0.6) is 11.5 Å². The lowest BCUT2D eigenvalue weighted by Crippen LogP contribution is -2.30. The van der Waals surface area contributed by atoms with Crippen molar-refractivity contribution >= 4 is 11.6 Å². The Morgan fingerprint density at radius 3 is 2.59 bits per heavy atom. The number of methoxy groups -OCH3 is 1. The first-order valence-corrected chi connectivity index (χ1v) is 9.68. The molecule has 0 aliphatic heterocycles. The Balaban J connectivity index is 1.70. The van der Waals surface area contributed by atoms with Crippen LogP contribution in [0.15, 0.2) is 65.9 Å². The highest BCUT2D eigenvalue weighted by Crippen LogP contribution is 2.30. The number of aliphatic imine (C=N–C) groups is 1. The zero-order chi connectivity index (χ0) is 20.5. The van der Waals surface area contributed by atoms with E-state index in [1.807, 2.05) is 61.1 Å². The van der Waals surface area contributed by atoms with Gasteiger partial charge in [0.2, 0.25) is 0 Å². The Morgan fingerprint density at radius 1 is 1.10 bits per heavy atom. The Hall–Kier alpha value is -3.48. The van der Waals surface area contributed by atoms with Gasteiger partial charge in [-0.3, -0.25) is 0 Å². The standard InChI is InChI=1S/C22H27N5O2/c1-4-23-22(26-18-9-12-20(28-3)21(15-18)29-5-2)24-16-17-7-10-19(11-8-17)27-14-6-13-25-27/h6-15H,4-5,16H2,1-3H3,(H2,23,24,26). The van der Waals surface area contributed by atoms with Gasteiger partial charge in [0.05, 0.1) is 25.9 Å². The van der Waals surface area contributed by atoms with Crippen LogP contribution in [-0.4, -0.2) is 36.0 Å². The summed E-state index contributed by atoms with van der Waals surface area (Å²) in [7, 11) is 1.63. The molecule has 7 nitrogen and oxygen atoms in total. The molecule has 0 atom stereocenters. The van der Waals surface area contributed by atoms with Gasteiger partial charge in [0.1, 0.15) is 0 Å². The molecule has 0 unspecified atom stereocenters. The first-order chi connectivity index (χ1) is 14.2. The van der Waals surface area contributed by atoms with Crippen LogP contribution in [-0.2, 0) is 6.54 Å². The predicted octanol–water partition coefficient (Wildman–Crippen LogP) is 3.86. The van der Waals surface area contributed by atoms with Crippen molar-refractivity contribution in [2.75, 3.05) is 25.6 Å². The van der Waals surface area contributed by atoms with Crippen LogP contribution >= 0.6 is 0 Å². The van der Waals surface area contributed by atoms with Gasteiger partial charge < -0.3 is 20.1 Å². The summed E-state index contributed by atoms with van der Waals surface area (Å²) in [5, 5.41) is 10.8. The van der Waals surface area contributed by atoms with Crippen molar-refractivity contribution < 1.29 is 9.47 Å². The van der Waals surface area contributed by atoms with Gasteiger partial charge in [0.25, 0.3) is 0 Å². The molecule has 29 heavy (non-hydrogen) atoms. The van der Waals surface area contributed by atoms with E-state index >= 15 is 0 Å². The fraction of sp³-hybridized carbons (Fsp3) is 0.273. The number of benzene rings is 2. The third-order valence-corrected chi connectivity index (χ3v) is 4.20. The molecule has 7 heteroatoms. The highest BCUT2D eigenvalue weighted by Gasteiger charge is 2.07. The topological polar surface area (TPSA) is 72.7 Å². The second-order valence-corrected chi connectivity index (χ2v) is 6.24. The molecule has 0 amide bonds. The van der Waals surface area contributed by atoms with Gasteiger partial charge in [-0.15, -0.1) is 0 Å². The van der Waals surface area contributed by atoms with Gasteiger partial charge in [-0.1, -0.05) is 12.1 Å². The van der Waals surface area contributed by atoms with Gasteiger partial charge >= 0.3 is 0 Å². The fourth-order valence-corrected chi connectivity index (χ4v) is 2.81. The molecule has 0 bridgehead atoms. The lowest BCUT2D eigenvalue weighted by atomic mass is 10.2. The number of nitrogens with zero attached hydrogens (tertiary/aromatic N) is 3. The molecule has 2 N–H and O–H groups in total. The van der Waals surface area contributed by atoms with E-state index in [9.17, 15) is 0 Å². The third-order valence-electron chi connectivity index (χ3n) is 4.20. The number of hydrogen-bond acceptors (Lipinski definition) is 4. The van der Waals surface area contributed by atoms with Gasteiger partial charge in [-0.25, -0.2) is 9.67 Å². The lowest BCUT2D eigenvalue weighted by molar-refractivity contribution is 0.311. The van der Waals surface area contributed by atoms with Crippen molar-refractivity contribution in [1.29, 1.82) is 0 Å². The predicted molar refractivity (Wildman–Crippen MR) is 116 cm³/mol. The minimum atomic E-state index is 0.559. The Bertz CT molecular complexity index is 921. The van der Waals surface area contributed by atoms with E-state index in [0.717, 1.165) is 23.5 Å². The van der Waals surface area contributed by atoms with Crippen molar-refractivity contribution in [3.8, 4) is 17.2 Å². The van der Waals surface area contributed by atoms with E-state index < -0.39 is 0 Å². The van der Waals surface area contributed by atoms with Crippen molar-refractivity contribution in [2.24, 2.45) is 4.99 Å². The van der Waals surface area contributed by atoms with E-state index in [2.05, 4.69) is 32.9 Å². The van der Waals surface area contributed by atoms with Crippen LogP contribution in [0.4, 0.5) is 5.69 Å². The van der Waals surface area contributed by atoms with Gasteiger partial charge in [0.15, 0.2) is 17.5 Å². The van der Waals surface area contributed by atoms with E-state index in [1.165, 1.54) is 0 Å². The molecule has 0 saturated carbocycles. The number of rotatable bonds is 8. The number of hydrogen-bond donors (Lipinski definition) is 2. The molecule has 0 aliphatic carbocycles. The molecule has 0 radical (unpaired) electrons. The molecule has 0 spiro atoms. The molecule has 3 rings (SSSR count). The highest BCUT2D eigenvalue weighted by molar-refractivity contribution is 5.93. The molecule has 3 aromatic rings. The number of guanidine groups is 1. The summed E-state index contributed by atoms with van der Waals surface area (Å²) in [4.78, 5) is 4.69. The molecule has 1 aromatic heterocycles. The SMILES string of the molecule is CCNC(=NCc1ccc(-n2cccn2)cc1)Nc1ccc(OC)c(OCC)c1. The summed E-state index contributed by atoms with van der Waals surface area (Å²) in [6.07, 6.45) is 3.69. The average Bonchev–Trinajstić information content (AvgIpc) is 3.28. The first kappa shape index (κ1) is 20.3. The van der Waals surface area contributed by atoms with E-state index in [0.29, 0.717) is 30.6 Å². The molecule has 0 saturated heterocycles. The first-order valence-electron chi connectivity index (χ1n) is 9.68. The number of ether oxygens (including phenoxy) is 2. The van der Waals surface area contributed by atoms with Gasteiger partial charge in [0, 0.05) is 30.7 Å². The van der Waals surface area contributed by atoms with Gasteiger partial charge in [-0.2, -0.15) is 5.10 Å². The number of nitrogens with one attached hydrogen (secondary N) is 2. The van der Waals surface area contributed by atoms with Crippen molar-refractivity contribution in [1.82, 2.24) is 15.1 Å². The summed E-state index contributed by atoms with van der Waals surface area (Å²) in [6.45, 7) is 5.88. The lowest BCUT2D eigenvalue weighted by Gasteiger charge is -2.14. The smallest absolute Gasteiger partial charge is 0.196 e. The molecule has 2 aromatic carbocycles. The maximum absolute atomic E-state index is 5.65. The molecular weight excluding hydrogens is 366 g/mol. The van der Waals surface area contributed by atoms with Crippen molar-refractivity contribution in [2.45, 2.75) is 20.4 Å². The van der Waals surface area contributed by atoms with Crippen LogP contribution in [0.1, 0.15) is 19.4 Å². The average molecular weight is 393 g/mol. The molecular formula is C22H27N5O2. The number of aromatic nitrogens is 2. The Labute approximate surface area is 171 Å². The maximum atomic E-state index is 5.65. The quantitative estimate of drug-likeness (QED) is 0.449. The van der Waals surface area contributed by atoms with Gasteiger partial charge in [-0.05, 0) is 49.7 Å². The molecule has 152 valence electrons. The molecule has 0 aliphatic rings. The van der Waals surface area contributed by atoms with E-state index in [4.69, 9.17) is 9.47 Å². The van der Waals surface area contributed by atoms with Crippen molar-refractivity contribution in [3.63, 3.8) is 0 Å². The summed E-state index contributed by atoms with van der Waals surface area (Å²) in [5.74, 6) is 2.11. The number of anilines is 1. The minimum Gasteiger partial charge on any atom is -0.493 e. The Kier molecular flexibility index (Phi) is 7.10. The summed E-state index contributed by atoms with van der Waals surface area (Å²) < 4.78 is 12.8. The largest absolute Gasteiger partial charge is 0.493 e. The monoisotopic (exact) mass is 393 g/mol. The second kappa shape index (κ2) is 10.2. The van der Waals surface area contributed by atoms with Crippen LogP contribution in [0.2, 0.25) is 0 Å². The van der Waals surface area contributed by atoms with Crippen molar-refractivity contribution in [3.05, 3.63) is 66.5 Å². The van der Waals surface area contributed by atoms with Crippen LogP contribution in [0, 0.1) is 0 Å². The molecule has 1 heterocycles. The highest BCUT2D eigenvalue weighted by atomic mass is 16.5. The Morgan fingerprint density at radius 2 is 1.93 bits per heavy atom. The van der Waals surface area contributed by atoms with E-state index in [-0.39, 0.29) is 0 Å². The second-order valence-electron chi connectivity index (χ2n) is 6.24. The summed E-state index contributed by atoms with van der Waals surface area (Å²) in [5.41, 5.74) is 3.01. The maximum Gasteiger partial charge on any atom is 0.196 e. The fourth-order valence-electron chi connectivity index (χ4n) is 2.81. The third kappa shape index (κ3) is 5.51. The zero-order valence-corrected chi connectivity index (χ0v) is 17.1.